The Hall–Kier alpha value is -1.40. The molecule has 0 saturated carbocycles. The minimum Gasteiger partial charge on any atom is -0.340 e. The molecule has 1 heterocycles. The number of hydrogen-bond donors (Lipinski definition) is 0. The van der Waals surface area contributed by atoms with Crippen molar-refractivity contribution in [2.24, 2.45) is 5.41 Å². The molecule has 0 N–H and O–H groups in total. The van der Waals surface area contributed by atoms with E-state index < -0.39 is 10.0 Å². The predicted octanol–water partition coefficient (Wildman–Crippen LogP) is 2.13. The van der Waals surface area contributed by atoms with Crippen LogP contribution in [0.4, 0.5) is 0 Å². The number of carbonyl (C=O) groups is 1. The molecule has 0 aliphatic carbocycles. The van der Waals surface area contributed by atoms with Gasteiger partial charge in [0.15, 0.2) is 0 Å². The van der Waals surface area contributed by atoms with Crippen molar-refractivity contribution in [2.75, 3.05) is 26.2 Å². The van der Waals surface area contributed by atoms with Crippen molar-refractivity contribution >= 4 is 15.9 Å². The van der Waals surface area contributed by atoms with Crippen molar-refractivity contribution in [1.82, 2.24) is 9.21 Å². The number of carbonyl (C=O) groups excluding carboxylic acids is 1. The molecule has 6 heteroatoms. The van der Waals surface area contributed by atoms with E-state index in [1.165, 1.54) is 11.2 Å². The number of amides is 1. The SMILES string of the molecule is CC(=O)N1CCN(S(=O)(=O)c2ccc(CC(C)(C)C)cc2)CC1. The van der Waals surface area contributed by atoms with Gasteiger partial charge in [0.2, 0.25) is 15.9 Å². The third-order valence-electron chi connectivity index (χ3n) is 3.98. The summed E-state index contributed by atoms with van der Waals surface area (Å²) in [5.74, 6) is -0.00594. The average molecular weight is 338 g/mol. The van der Waals surface area contributed by atoms with Gasteiger partial charge in [0.05, 0.1) is 4.90 Å². The van der Waals surface area contributed by atoms with Gasteiger partial charge in [-0.15, -0.1) is 0 Å². The lowest BCUT2D eigenvalue weighted by Gasteiger charge is -2.33. The monoisotopic (exact) mass is 338 g/mol. The first-order valence-electron chi connectivity index (χ1n) is 7.94. The van der Waals surface area contributed by atoms with Gasteiger partial charge in [-0.1, -0.05) is 32.9 Å². The molecule has 23 heavy (non-hydrogen) atoms. The number of piperazine rings is 1. The molecule has 0 aromatic heterocycles. The Morgan fingerprint density at radius 2 is 1.57 bits per heavy atom. The minimum atomic E-state index is -3.48. The average Bonchev–Trinajstić information content (AvgIpc) is 2.46. The van der Waals surface area contributed by atoms with Gasteiger partial charge in [-0.3, -0.25) is 4.79 Å². The largest absolute Gasteiger partial charge is 0.340 e. The summed E-state index contributed by atoms with van der Waals surface area (Å²) in [4.78, 5) is 13.3. The van der Waals surface area contributed by atoms with Crippen LogP contribution in [0.1, 0.15) is 33.3 Å². The van der Waals surface area contributed by atoms with Crippen molar-refractivity contribution < 1.29 is 13.2 Å². The van der Waals surface area contributed by atoms with Gasteiger partial charge < -0.3 is 4.90 Å². The Labute approximate surface area is 139 Å². The zero-order valence-corrected chi connectivity index (χ0v) is 15.2. The third-order valence-corrected chi connectivity index (χ3v) is 5.89. The Morgan fingerprint density at radius 3 is 2.00 bits per heavy atom. The highest BCUT2D eigenvalue weighted by atomic mass is 32.2. The number of nitrogens with zero attached hydrogens (tertiary/aromatic N) is 2. The number of rotatable bonds is 3. The predicted molar refractivity (Wildman–Crippen MR) is 90.6 cm³/mol. The summed E-state index contributed by atoms with van der Waals surface area (Å²) in [6, 6.07) is 7.16. The topological polar surface area (TPSA) is 57.7 Å². The molecule has 1 saturated heterocycles. The number of benzene rings is 1. The second-order valence-corrected chi connectivity index (χ2v) is 9.23. The number of sulfonamides is 1. The van der Waals surface area contributed by atoms with Gasteiger partial charge in [-0.05, 0) is 29.5 Å². The van der Waals surface area contributed by atoms with Crippen LogP contribution >= 0.6 is 0 Å². The highest BCUT2D eigenvalue weighted by molar-refractivity contribution is 7.89. The Morgan fingerprint density at radius 1 is 1.04 bits per heavy atom. The van der Waals surface area contributed by atoms with Crippen molar-refractivity contribution in [2.45, 2.75) is 39.0 Å². The molecule has 0 spiro atoms. The molecule has 5 nitrogen and oxygen atoms in total. The Kier molecular flexibility index (Phi) is 5.16. The van der Waals surface area contributed by atoms with Crippen LogP contribution < -0.4 is 0 Å². The van der Waals surface area contributed by atoms with Crippen LogP contribution in [-0.2, 0) is 21.2 Å². The maximum atomic E-state index is 12.7. The normalized spacial score (nSPS) is 17.3. The summed E-state index contributed by atoms with van der Waals surface area (Å²) >= 11 is 0. The van der Waals surface area contributed by atoms with Crippen LogP contribution in [0.5, 0.6) is 0 Å². The fourth-order valence-electron chi connectivity index (χ4n) is 2.78. The molecule has 1 aliphatic heterocycles. The van der Waals surface area contributed by atoms with Crippen LogP contribution in [0.2, 0.25) is 0 Å². The summed E-state index contributed by atoms with van der Waals surface area (Å²) in [5.41, 5.74) is 1.31. The maximum Gasteiger partial charge on any atom is 0.243 e. The standard InChI is InChI=1S/C17H26N2O3S/c1-14(20)18-9-11-19(12-10-18)23(21,22)16-7-5-15(6-8-16)13-17(2,3)4/h5-8H,9-13H2,1-4H3. The first-order chi connectivity index (χ1) is 10.6. The summed E-state index contributed by atoms with van der Waals surface area (Å²) in [6.45, 7) is 9.60. The van der Waals surface area contributed by atoms with Crippen molar-refractivity contribution in [1.29, 1.82) is 0 Å². The molecule has 1 aromatic rings. The van der Waals surface area contributed by atoms with E-state index >= 15 is 0 Å². The van der Waals surface area contributed by atoms with Crippen LogP contribution in [0, 0.1) is 5.41 Å². The molecule has 0 atom stereocenters. The molecule has 0 radical (unpaired) electrons. The van der Waals surface area contributed by atoms with Crippen LogP contribution in [0.3, 0.4) is 0 Å². The molecular weight excluding hydrogens is 312 g/mol. The number of hydrogen-bond acceptors (Lipinski definition) is 3. The third kappa shape index (κ3) is 4.54. The lowest BCUT2D eigenvalue weighted by molar-refractivity contribution is -0.129. The van der Waals surface area contributed by atoms with Gasteiger partial charge in [0.25, 0.3) is 0 Å². The van der Waals surface area contributed by atoms with E-state index in [-0.39, 0.29) is 11.3 Å². The fourth-order valence-corrected chi connectivity index (χ4v) is 4.21. The molecule has 2 rings (SSSR count). The summed E-state index contributed by atoms with van der Waals surface area (Å²) < 4.78 is 26.8. The summed E-state index contributed by atoms with van der Waals surface area (Å²) in [6.07, 6.45) is 0.907. The first-order valence-corrected chi connectivity index (χ1v) is 9.38. The lowest BCUT2D eigenvalue weighted by atomic mass is 9.88. The van der Waals surface area contributed by atoms with E-state index in [0.717, 1.165) is 12.0 Å². The zero-order chi connectivity index (χ0) is 17.3. The first kappa shape index (κ1) is 17.9. The molecule has 128 valence electrons. The van der Waals surface area contributed by atoms with Gasteiger partial charge >= 0.3 is 0 Å². The van der Waals surface area contributed by atoms with E-state index in [1.807, 2.05) is 12.1 Å². The van der Waals surface area contributed by atoms with E-state index in [2.05, 4.69) is 20.8 Å². The summed E-state index contributed by atoms with van der Waals surface area (Å²) in [7, 11) is -3.48. The molecule has 0 unspecified atom stereocenters. The summed E-state index contributed by atoms with van der Waals surface area (Å²) in [5, 5.41) is 0. The van der Waals surface area contributed by atoms with Crippen molar-refractivity contribution in [3.63, 3.8) is 0 Å². The van der Waals surface area contributed by atoms with Crippen molar-refractivity contribution in [3.05, 3.63) is 29.8 Å². The smallest absolute Gasteiger partial charge is 0.243 e. The lowest BCUT2D eigenvalue weighted by Crippen LogP contribution is -2.49. The van der Waals surface area contributed by atoms with E-state index in [0.29, 0.717) is 31.1 Å². The van der Waals surface area contributed by atoms with Crippen LogP contribution in [-0.4, -0.2) is 49.7 Å². The van der Waals surface area contributed by atoms with Crippen LogP contribution in [0.25, 0.3) is 0 Å². The molecule has 1 aliphatic rings. The minimum absolute atomic E-state index is 0.00594. The van der Waals surface area contributed by atoms with Crippen LogP contribution in [0.15, 0.2) is 29.2 Å². The zero-order valence-electron chi connectivity index (χ0n) is 14.4. The molecule has 0 bridgehead atoms. The maximum absolute atomic E-state index is 12.7. The van der Waals surface area contributed by atoms with Crippen molar-refractivity contribution in [3.8, 4) is 0 Å². The van der Waals surface area contributed by atoms with E-state index in [4.69, 9.17) is 0 Å². The highest BCUT2D eigenvalue weighted by Crippen LogP contribution is 2.23. The van der Waals surface area contributed by atoms with Gasteiger partial charge in [0, 0.05) is 33.1 Å². The second-order valence-electron chi connectivity index (χ2n) is 7.29. The van der Waals surface area contributed by atoms with Gasteiger partial charge in [-0.25, -0.2) is 8.42 Å². The Balaban J connectivity index is 2.10. The van der Waals surface area contributed by atoms with Gasteiger partial charge in [0.1, 0.15) is 0 Å². The second kappa shape index (κ2) is 6.61. The molecule has 1 amide bonds. The van der Waals surface area contributed by atoms with Gasteiger partial charge in [-0.2, -0.15) is 4.31 Å². The Bertz CT molecular complexity index is 652. The highest BCUT2D eigenvalue weighted by Gasteiger charge is 2.29. The fraction of sp³-hybridized carbons (Fsp3) is 0.588. The van der Waals surface area contributed by atoms with E-state index in [1.54, 1.807) is 17.0 Å². The molecular formula is C17H26N2O3S. The molecule has 1 aromatic carbocycles. The quantitative estimate of drug-likeness (QED) is 0.848. The molecule has 1 fully saturated rings. The van der Waals surface area contributed by atoms with E-state index in [9.17, 15) is 13.2 Å².